The highest BCUT2D eigenvalue weighted by atomic mass is 32.2. The molecule has 13 heavy (non-hydrogen) atoms. The van der Waals surface area contributed by atoms with Crippen LogP contribution < -0.4 is 5.32 Å². The van der Waals surface area contributed by atoms with Crippen LogP contribution in [0, 0.1) is 0 Å². The van der Waals surface area contributed by atoms with Gasteiger partial charge in [-0.1, -0.05) is 0 Å². The molecule has 1 N–H and O–H groups in total. The fourth-order valence-electron chi connectivity index (χ4n) is 1.36. The average molecular weight is 203 g/mol. The van der Waals surface area contributed by atoms with E-state index in [1.165, 1.54) is 0 Å². The topological polar surface area (TPSA) is 38.3 Å². The average Bonchev–Trinajstić information content (AvgIpc) is 2.51. The third-order valence-corrected chi connectivity index (χ3v) is 3.21. The Morgan fingerprint density at radius 1 is 1.62 bits per heavy atom. The summed E-state index contributed by atoms with van der Waals surface area (Å²) in [4.78, 5) is 10.9. The fraction of sp³-hybridized carbons (Fsp3) is 0.889. The van der Waals surface area contributed by atoms with E-state index < -0.39 is 0 Å². The third kappa shape index (κ3) is 4.00. The van der Waals surface area contributed by atoms with Crippen molar-refractivity contribution in [1.29, 1.82) is 0 Å². The maximum atomic E-state index is 10.9. The molecule has 1 saturated heterocycles. The molecule has 1 aliphatic rings. The zero-order valence-corrected chi connectivity index (χ0v) is 9.02. The minimum absolute atomic E-state index is 0.0936. The number of hydrogen-bond acceptors (Lipinski definition) is 3. The van der Waals surface area contributed by atoms with Crippen LogP contribution >= 0.6 is 11.8 Å². The number of thioether (sulfide) groups is 1. The van der Waals surface area contributed by atoms with Crippen molar-refractivity contribution in [2.24, 2.45) is 0 Å². The largest absolute Gasteiger partial charge is 0.374 e. The first-order chi connectivity index (χ1) is 6.22. The molecule has 1 fully saturated rings. The number of hydrogen-bond donors (Lipinski definition) is 1. The summed E-state index contributed by atoms with van der Waals surface area (Å²) in [5.41, 5.74) is 0. The zero-order valence-electron chi connectivity index (χ0n) is 8.21. The number of carbonyl (C=O) groups excluding carboxylic acids is 1. The van der Waals surface area contributed by atoms with Gasteiger partial charge in [-0.3, -0.25) is 4.79 Å². The number of ether oxygens (including phenoxy) is 1. The van der Waals surface area contributed by atoms with E-state index >= 15 is 0 Å². The molecule has 0 spiro atoms. The van der Waals surface area contributed by atoms with Crippen molar-refractivity contribution in [2.75, 3.05) is 18.6 Å². The van der Waals surface area contributed by atoms with Gasteiger partial charge in [0.15, 0.2) is 0 Å². The molecule has 2 atom stereocenters. The van der Waals surface area contributed by atoms with Crippen molar-refractivity contribution in [1.82, 2.24) is 5.32 Å². The lowest BCUT2D eigenvalue weighted by Crippen LogP contribution is -2.21. The van der Waals surface area contributed by atoms with Crippen LogP contribution in [-0.4, -0.2) is 36.7 Å². The lowest BCUT2D eigenvalue weighted by Gasteiger charge is -2.09. The molecule has 0 aliphatic carbocycles. The van der Waals surface area contributed by atoms with Gasteiger partial charge in [-0.2, -0.15) is 0 Å². The van der Waals surface area contributed by atoms with Crippen LogP contribution in [0.1, 0.15) is 19.8 Å². The van der Waals surface area contributed by atoms with Gasteiger partial charge in [0.25, 0.3) is 0 Å². The summed E-state index contributed by atoms with van der Waals surface area (Å²) in [5, 5.41) is 2.60. The smallest absolute Gasteiger partial charge is 0.229 e. The molecule has 0 saturated carbocycles. The van der Waals surface area contributed by atoms with Gasteiger partial charge in [0.05, 0.1) is 18.0 Å². The molecule has 0 aromatic carbocycles. The Hall–Kier alpha value is -0.220. The Kier molecular flexibility index (Phi) is 4.59. The Labute approximate surface area is 83.6 Å². The molecule has 4 heteroatoms. The standard InChI is InChI=1S/C9H17NO2S/c1-7-3-4-8(12-7)5-13-6-9(11)10-2/h7-8H,3-6H2,1-2H3,(H,10,11)/t7-,8+/m1/s1. The second kappa shape index (κ2) is 5.50. The van der Waals surface area contributed by atoms with E-state index in [1.807, 2.05) is 0 Å². The van der Waals surface area contributed by atoms with Crippen LogP contribution in [0.3, 0.4) is 0 Å². The summed E-state index contributed by atoms with van der Waals surface area (Å²) in [7, 11) is 1.66. The highest BCUT2D eigenvalue weighted by Gasteiger charge is 2.21. The fourth-order valence-corrected chi connectivity index (χ4v) is 2.32. The van der Waals surface area contributed by atoms with E-state index in [0.29, 0.717) is 18.0 Å². The van der Waals surface area contributed by atoms with Crippen molar-refractivity contribution < 1.29 is 9.53 Å². The first-order valence-corrected chi connectivity index (χ1v) is 5.81. The molecule has 0 bridgehead atoms. The number of nitrogens with one attached hydrogen (secondary N) is 1. The van der Waals surface area contributed by atoms with Crippen molar-refractivity contribution in [3.05, 3.63) is 0 Å². The van der Waals surface area contributed by atoms with Crippen LogP contribution in [-0.2, 0) is 9.53 Å². The molecule has 1 heterocycles. The summed E-state index contributed by atoms with van der Waals surface area (Å²) >= 11 is 1.65. The molecule has 0 radical (unpaired) electrons. The molecule has 1 rings (SSSR count). The maximum absolute atomic E-state index is 10.9. The molecule has 1 amide bonds. The lowest BCUT2D eigenvalue weighted by molar-refractivity contribution is -0.118. The van der Waals surface area contributed by atoms with E-state index in [4.69, 9.17) is 4.74 Å². The molecule has 76 valence electrons. The van der Waals surface area contributed by atoms with E-state index in [0.717, 1.165) is 18.6 Å². The summed E-state index contributed by atoms with van der Waals surface area (Å²) in [6.45, 7) is 2.10. The highest BCUT2D eigenvalue weighted by molar-refractivity contribution is 7.99. The predicted molar refractivity (Wildman–Crippen MR) is 55.0 cm³/mol. The van der Waals surface area contributed by atoms with Crippen molar-refractivity contribution in [3.8, 4) is 0 Å². The van der Waals surface area contributed by atoms with E-state index in [-0.39, 0.29) is 5.91 Å². The molecule has 1 aliphatic heterocycles. The van der Waals surface area contributed by atoms with Gasteiger partial charge >= 0.3 is 0 Å². The Morgan fingerprint density at radius 2 is 2.38 bits per heavy atom. The summed E-state index contributed by atoms with van der Waals surface area (Å²) in [6.07, 6.45) is 3.07. The van der Waals surface area contributed by atoms with Gasteiger partial charge in [0.2, 0.25) is 5.91 Å². The van der Waals surface area contributed by atoms with Crippen LogP contribution in [0.4, 0.5) is 0 Å². The Balaban J connectivity index is 2.03. The first kappa shape index (κ1) is 10.9. The minimum Gasteiger partial charge on any atom is -0.374 e. The summed E-state index contributed by atoms with van der Waals surface area (Å²) in [6, 6.07) is 0. The Morgan fingerprint density at radius 3 is 2.92 bits per heavy atom. The second-order valence-corrected chi connectivity index (χ2v) is 4.36. The maximum Gasteiger partial charge on any atom is 0.229 e. The second-order valence-electron chi connectivity index (χ2n) is 3.33. The van der Waals surface area contributed by atoms with Crippen LogP contribution in [0.2, 0.25) is 0 Å². The summed E-state index contributed by atoms with van der Waals surface area (Å²) in [5.74, 6) is 1.58. The van der Waals surface area contributed by atoms with E-state index in [9.17, 15) is 4.79 Å². The number of carbonyl (C=O) groups is 1. The number of amides is 1. The monoisotopic (exact) mass is 203 g/mol. The first-order valence-electron chi connectivity index (χ1n) is 4.66. The van der Waals surface area contributed by atoms with Crippen molar-refractivity contribution >= 4 is 17.7 Å². The van der Waals surface area contributed by atoms with E-state index in [1.54, 1.807) is 18.8 Å². The molecule has 3 nitrogen and oxygen atoms in total. The van der Waals surface area contributed by atoms with Gasteiger partial charge in [-0.25, -0.2) is 0 Å². The van der Waals surface area contributed by atoms with Gasteiger partial charge in [-0.05, 0) is 19.8 Å². The molecule has 0 aromatic heterocycles. The van der Waals surface area contributed by atoms with Gasteiger partial charge in [0.1, 0.15) is 0 Å². The zero-order chi connectivity index (χ0) is 9.68. The van der Waals surface area contributed by atoms with Crippen LogP contribution in [0.15, 0.2) is 0 Å². The highest BCUT2D eigenvalue weighted by Crippen LogP contribution is 2.21. The predicted octanol–water partition coefficient (Wildman–Crippen LogP) is 1.03. The van der Waals surface area contributed by atoms with E-state index in [2.05, 4.69) is 12.2 Å². The molecule has 0 unspecified atom stereocenters. The Bertz CT molecular complexity index is 175. The van der Waals surface area contributed by atoms with Crippen LogP contribution in [0.5, 0.6) is 0 Å². The quantitative estimate of drug-likeness (QED) is 0.741. The van der Waals surface area contributed by atoms with Crippen molar-refractivity contribution in [2.45, 2.75) is 32.0 Å². The van der Waals surface area contributed by atoms with Gasteiger partial charge in [-0.15, -0.1) is 11.8 Å². The minimum atomic E-state index is 0.0936. The SMILES string of the molecule is CNC(=O)CSC[C@@H]1CC[C@@H](C)O1. The normalized spacial score (nSPS) is 27.5. The molecule has 0 aromatic rings. The van der Waals surface area contributed by atoms with Crippen molar-refractivity contribution in [3.63, 3.8) is 0 Å². The van der Waals surface area contributed by atoms with Crippen LogP contribution in [0.25, 0.3) is 0 Å². The van der Waals surface area contributed by atoms with Gasteiger partial charge in [0, 0.05) is 12.8 Å². The summed E-state index contributed by atoms with van der Waals surface area (Å²) < 4.78 is 5.62. The third-order valence-electron chi connectivity index (χ3n) is 2.14. The molecular formula is C9H17NO2S. The van der Waals surface area contributed by atoms with Gasteiger partial charge < -0.3 is 10.1 Å². The number of rotatable bonds is 4. The molecular weight excluding hydrogens is 186 g/mol. The lowest BCUT2D eigenvalue weighted by atomic mass is 10.2.